The van der Waals surface area contributed by atoms with E-state index in [4.69, 9.17) is 16.3 Å². The molecular formula is C18H17ClN4O4S. The maximum Gasteiger partial charge on any atom is 0.271 e. The van der Waals surface area contributed by atoms with Gasteiger partial charge in [-0.25, -0.2) is 4.98 Å². The van der Waals surface area contributed by atoms with Crippen LogP contribution in [0.2, 0.25) is 5.02 Å². The second-order valence-corrected chi connectivity index (χ2v) is 7.56. The van der Waals surface area contributed by atoms with Crippen LogP contribution in [-0.4, -0.2) is 32.7 Å². The number of nitro benzene ring substituents is 1. The minimum absolute atomic E-state index is 0.104. The Hall–Kier alpha value is -2.78. The molecule has 2 aromatic carbocycles. The van der Waals surface area contributed by atoms with Crippen molar-refractivity contribution in [2.24, 2.45) is 0 Å². The van der Waals surface area contributed by atoms with Gasteiger partial charge in [-0.2, -0.15) is 0 Å². The van der Waals surface area contributed by atoms with Gasteiger partial charge in [0.1, 0.15) is 5.75 Å². The number of ether oxygens (including phenoxy) is 1. The zero-order valence-electron chi connectivity index (χ0n) is 15.1. The first-order valence-electron chi connectivity index (χ1n) is 8.41. The number of nitrogens with one attached hydrogen (secondary N) is 2. The summed E-state index contributed by atoms with van der Waals surface area (Å²) in [7, 11) is 0. The van der Waals surface area contributed by atoms with Crippen LogP contribution in [0.3, 0.4) is 0 Å². The van der Waals surface area contributed by atoms with E-state index in [1.807, 2.05) is 25.1 Å². The van der Waals surface area contributed by atoms with Crippen LogP contribution in [0.5, 0.6) is 5.75 Å². The highest BCUT2D eigenvalue weighted by atomic mass is 35.5. The molecule has 10 heteroatoms. The number of aromatic nitrogens is 2. The van der Waals surface area contributed by atoms with Gasteiger partial charge in [-0.1, -0.05) is 23.4 Å². The largest absolute Gasteiger partial charge is 0.494 e. The van der Waals surface area contributed by atoms with Crippen molar-refractivity contribution in [2.75, 3.05) is 11.9 Å². The number of benzene rings is 2. The van der Waals surface area contributed by atoms with E-state index in [2.05, 4.69) is 15.3 Å². The summed E-state index contributed by atoms with van der Waals surface area (Å²) in [4.78, 5) is 30.3. The van der Waals surface area contributed by atoms with Crippen LogP contribution >= 0.6 is 23.4 Å². The lowest BCUT2D eigenvalue weighted by Gasteiger charge is -2.11. The lowest BCUT2D eigenvalue weighted by atomic mass is 10.2. The van der Waals surface area contributed by atoms with Crippen molar-refractivity contribution in [3.8, 4) is 5.75 Å². The number of anilines is 1. The number of hydrogen-bond acceptors (Lipinski definition) is 6. The van der Waals surface area contributed by atoms with Crippen molar-refractivity contribution >= 4 is 51.7 Å². The molecule has 0 saturated heterocycles. The van der Waals surface area contributed by atoms with E-state index in [0.717, 1.165) is 16.8 Å². The Balaban J connectivity index is 1.68. The van der Waals surface area contributed by atoms with Crippen LogP contribution in [0.4, 0.5) is 11.4 Å². The van der Waals surface area contributed by atoms with Crippen LogP contribution in [0.15, 0.2) is 41.6 Å². The molecule has 8 nitrogen and oxygen atoms in total. The summed E-state index contributed by atoms with van der Waals surface area (Å²) in [5.74, 6) is 0.449. The number of halogens is 1. The molecule has 0 aliphatic heterocycles. The fourth-order valence-electron chi connectivity index (χ4n) is 2.45. The number of hydrogen-bond donors (Lipinski definition) is 2. The fraction of sp³-hybridized carbons (Fsp3) is 0.222. The number of carbonyl (C=O) groups excluding carboxylic acids is 1. The van der Waals surface area contributed by atoms with Gasteiger partial charge in [-0.05, 0) is 32.0 Å². The quantitative estimate of drug-likeness (QED) is 0.327. The number of thioether (sulfide) groups is 1. The van der Waals surface area contributed by atoms with Gasteiger partial charge >= 0.3 is 0 Å². The lowest BCUT2D eigenvalue weighted by Crippen LogP contribution is -2.22. The van der Waals surface area contributed by atoms with Crippen molar-refractivity contribution in [1.82, 2.24) is 9.97 Å². The monoisotopic (exact) mass is 420 g/mol. The van der Waals surface area contributed by atoms with E-state index < -0.39 is 10.2 Å². The number of imidazole rings is 1. The third kappa shape index (κ3) is 4.55. The standard InChI is InChI=1S/C18H17ClN4O4S/c1-3-27-12-5-7-15-16(9-12)22-18(21-15)28-10(2)17(24)20-14-6-4-11(23(25)26)8-13(14)19/h4-10H,3H2,1-2H3,(H,20,24)(H,21,22). The summed E-state index contributed by atoms with van der Waals surface area (Å²) in [5, 5.41) is 13.7. The van der Waals surface area contributed by atoms with E-state index in [1.165, 1.54) is 30.0 Å². The Bertz CT molecular complexity index is 1040. The summed E-state index contributed by atoms with van der Waals surface area (Å²) >= 11 is 7.28. The lowest BCUT2D eigenvalue weighted by molar-refractivity contribution is -0.384. The van der Waals surface area contributed by atoms with Gasteiger partial charge in [0.25, 0.3) is 5.69 Å². The molecule has 0 bridgehead atoms. The van der Waals surface area contributed by atoms with Crippen molar-refractivity contribution in [2.45, 2.75) is 24.3 Å². The molecule has 2 N–H and O–H groups in total. The second-order valence-electron chi connectivity index (χ2n) is 5.82. The molecule has 0 saturated carbocycles. The average molecular weight is 421 g/mol. The first-order chi connectivity index (χ1) is 13.4. The van der Waals surface area contributed by atoms with E-state index in [0.29, 0.717) is 17.5 Å². The Morgan fingerprint density at radius 3 is 2.86 bits per heavy atom. The van der Waals surface area contributed by atoms with Gasteiger partial charge in [0.05, 0.1) is 38.5 Å². The molecule has 1 amide bonds. The Morgan fingerprint density at radius 2 is 2.18 bits per heavy atom. The molecule has 1 aromatic heterocycles. The predicted octanol–water partition coefficient (Wildman–Crippen LogP) is 4.64. The summed E-state index contributed by atoms with van der Waals surface area (Å²) in [6.07, 6.45) is 0. The first kappa shape index (κ1) is 20.0. The molecule has 28 heavy (non-hydrogen) atoms. The smallest absolute Gasteiger partial charge is 0.271 e. The molecule has 3 aromatic rings. The van der Waals surface area contributed by atoms with Crippen LogP contribution < -0.4 is 10.1 Å². The minimum Gasteiger partial charge on any atom is -0.494 e. The highest BCUT2D eigenvalue weighted by molar-refractivity contribution is 8.00. The SMILES string of the molecule is CCOc1ccc2nc(SC(C)C(=O)Nc3ccc([N+](=O)[O-])cc3Cl)[nH]c2c1. The van der Waals surface area contributed by atoms with Crippen molar-refractivity contribution < 1.29 is 14.5 Å². The topological polar surface area (TPSA) is 110 Å². The van der Waals surface area contributed by atoms with Gasteiger partial charge in [-0.3, -0.25) is 14.9 Å². The normalized spacial score (nSPS) is 12.0. The van der Waals surface area contributed by atoms with Gasteiger partial charge in [-0.15, -0.1) is 0 Å². The molecule has 3 rings (SSSR count). The molecule has 0 radical (unpaired) electrons. The van der Waals surface area contributed by atoms with Crippen molar-refractivity contribution in [3.05, 3.63) is 51.5 Å². The number of H-pyrrole nitrogens is 1. The third-order valence-corrected chi connectivity index (χ3v) is 5.12. The molecule has 1 heterocycles. The molecule has 1 unspecified atom stereocenters. The van der Waals surface area contributed by atoms with E-state index in [-0.39, 0.29) is 16.6 Å². The van der Waals surface area contributed by atoms with Gasteiger partial charge < -0.3 is 15.0 Å². The summed E-state index contributed by atoms with van der Waals surface area (Å²) in [6, 6.07) is 9.44. The molecule has 0 aliphatic rings. The Labute approximate surface area is 169 Å². The van der Waals surface area contributed by atoms with E-state index >= 15 is 0 Å². The number of carbonyl (C=O) groups is 1. The summed E-state index contributed by atoms with van der Waals surface area (Å²) in [6.45, 7) is 4.22. The molecular weight excluding hydrogens is 404 g/mol. The maximum absolute atomic E-state index is 12.5. The minimum atomic E-state index is -0.547. The number of nitro groups is 1. The average Bonchev–Trinajstić information content (AvgIpc) is 3.04. The zero-order chi connectivity index (χ0) is 20.3. The number of rotatable bonds is 7. The van der Waals surface area contributed by atoms with Gasteiger partial charge in [0.2, 0.25) is 5.91 Å². The Kier molecular flexibility index (Phi) is 6.05. The zero-order valence-corrected chi connectivity index (χ0v) is 16.6. The van der Waals surface area contributed by atoms with Crippen LogP contribution in [0.1, 0.15) is 13.8 Å². The fourth-order valence-corrected chi connectivity index (χ4v) is 3.49. The third-order valence-electron chi connectivity index (χ3n) is 3.82. The van der Waals surface area contributed by atoms with E-state index in [9.17, 15) is 14.9 Å². The van der Waals surface area contributed by atoms with Crippen molar-refractivity contribution in [3.63, 3.8) is 0 Å². The summed E-state index contributed by atoms with van der Waals surface area (Å²) in [5.41, 5.74) is 1.77. The molecule has 0 spiro atoms. The molecule has 0 fully saturated rings. The number of amides is 1. The molecule has 1 atom stereocenters. The highest BCUT2D eigenvalue weighted by Gasteiger charge is 2.19. The number of non-ortho nitro benzene ring substituents is 1. The highest BCUT2D eigenvalue weighted by Crippen LogP contribution is 2.29. The summed E-state index contributed by atoms with van der Waals surface area (Å²) < 4.78 is 5.47. The van der Waals surface area contributed by atoms with Crippen LogP contribution in [-0.2, 0) is 4.79 Å². The van der Waals surface area contributed by atoms with Crippen molar-refractivity contribution in [1.29, 1.82) is 0 Å². The van der Waals surface area contributed by atoms with Crippen LogP contribution in [0, 0.1) is 10.1 Å². The van der Waals surface area contributed by atoms with Gasteiger partial charge in [0, 0.05) is 18.2 Å². The second kappa shape index (κ2) is 8.49. The van der Waals surface area contributed by atoms with Crippen LogP contribution in [0.25, 0.3) is 11.0 Å². The number of aromatic amines is 1. The maximum atomic E-state index is 12.5. The molecule has 146 valence electrons. The van der Waals surface area contributed by atoms with E-state index in [1.54, 1.807) is 6.92 Å². The van der Waals surface area contributed by atoms with Gasteiger partial charge in [0.15, 0.2) is 5.16 Å². The molecule has 0 aliphatic carbocycles. The number of nitrogens with zero attached hydrogens (tertiary/aromatic N) is 2. The predicted molar refractivity (Wildman–Crippen MR) is 109 cm³/mol. The Morgan fingerprint density at radius 1 is 1.39 bits per heavy atom. The number of fused-ring (bicyclic) bond motifs is 1. The first-order valence-corrected chi connectivity index (χ1v) is 9.67.